The van der Waals surface area contributed by atoms with Gasteiger partial charge in [-0.25, -0.2) is 5.43 Å². The van der Waals surface area contributed by atoms with Crippen LogP contribution in [-0.4, -0.2) is 31.8 Å². The lowest BCUT2D eigenvalue weighted by atomic mass is 10.0. The second kappa shape index (κ2) is 9.91. The number of para-hydroxylation sites is 1. The number of nitrogens with one attached hydrogen (secondary N) is 1. The molecule has 1 N–H and O–H groups in total. The fraction of sp³-hybridized carbons (Fsp3) is 0.348. The highest BCUT2D eigenvalue weighted by molar-refractivity contribution is 5.84. The number of esters is 1. The zero-order chi connectivity index (χ0) is 21.5. The van der Waals surface area contributed by atoms with Crippen molar-refractivity contribution >= 4 is 18.1 Å². The minimum Gasteiger partial charge on any atom is -0.493 e. The molecular formula is C23H26N2O5. The molecule has 2 aromatic carbocycles. The van der Waals surface area contributed by atoms with Gasteiger partial charge in [-0.3, -0.25) is 9.59 Å². The molecule has 0 radical (unpaired) electrons. The van der Waals surface area contributed by atoms with Crippen molar-refractivity contribution in [1.29, 1.82) is 0 Å². The highest BCUT2D eigenvalue weighted by Gasteiger charge is 2.32. The summed E-state index contributed by atoms with van der Waals surface area (Å²) in [6.07, 6.45) is 3.23. The Balaban J connectivity index is 1.53. The normalized spacial score (nSPS) is 13.3. The molecule has 0 aliphatic heterocycles. The topological polar surface area (TPSA) is 86.2 Å². The molecule has 2 aromatic rings. The van der Waals surface area contributed by atoms with Crippen LogP contribution in [0.4, 0.5) is 0 Å². The van der Waals surface area contributed by atoms with E-state index in [4.69, 9.17) is 14.2 Å². The first-order valence-electron chi connectivity index (χ1n) is 9.91. The lowest BCUT2D eigenvalue weighted by molar-refractivity contribution is -0.135. The maximum atomic E-state index is 12.0. The molecule has 1 aliphatic rings. The van der Waals surface area contributed by atoms with Crippen LogP contribution in [0.15, 0.2) is 47.6 Å². The molecule has 7 heteroatoms. The van der Waals surface area contributed by atoms with Gasteiger partial charge in [-0.15, -0.1) is 0 Å². The van der Waals surface area contributed by atoms with Crippen molar-refractivity contribution in [2.24, 2.45) is 11.0 Å². The summed E-state index contributed by atoms with van der Waals surface area (Å²) in [5.41, 5.74) is 4.17. The second-order valence-corrected chi connectivity index (χ2v) is 7.38. The quantitative estimate of drug-likeness (QED) is 0.295. The number of amides is 1. The van der Waals surface area contributed by atoms with Gasteiger partial charge in [-0.05, 0) is 54.2 Å². The molecule has 0 bridgehead atoms. The predicted octanol–water partition coefficient (Wildman–Crippen LogP) is 3.66. The van der Waals surface area contributed by atoms with Crippen LogP contribution in [-0.2, 0) is 9.59 Å². The molecule has 0 unspecified atom stereocenters. The molecule has 1 saturated carbocycles. The zero-order valence-corrected chi connectivity index (χ0v) is 17.4. The number of benzene rings is 2. The molecule has 3 rings (SSSR count). The molecule has 1 fully saturated rings. The summed E-state index contributed by atoms with van der Waals surface area (Å²) in [5.74, 6) is 1.17. The van der Waals surface area contributed by atoms with Gasteiger partial charge in [0.25, 0.3) is 5.91 Å². The van der Waals surface area contributed by atoms with Crippen LogP contribution >= 0.6 is 0 Å². The molecule has 0 saturated heterocycles. The predicted molar refractivity (Wildman–Crippen MR) is 113 cm³/mol. The first-order chi connectivity index (χ1) is 14.5. The van der Waals surface area contributed by atoms with Crippen molar-refractivity contribution in [3.05, 3.63) is 53.6 Å². The SMILES string of the molecule is COc1cc(/C=N\NC(=O)COc2ccccc2C(C)C)ccc1OC(=O)C1CC1. The Morgan fingerprint density at radius 2 is 1.90 bits per heavy atom. The highest BCUT2D eigenvalue weighted by Crippen LogP contribution is 2.34. The molecule has 1 aliphatic carbocycles. The van der Waals surface area contributed by atoms with E-state index in [9.17, 15) is 9.59 Å². The number of ether oxygens (including phenoxy) is 3. The number of carbonyl (C=O) groups is 2. The summed E-state index contributed by atoms with van der Waals surface area (Å²) >= 11 is 0. The number of hydrazone groups is 1. The smallest absolute Gasteiger partial charge is 0.314 e. The summed E-state index contributed by atoms with van der Waals surface area (Å²) < 4.78 is 16.3. The van der Waals surface area contributed by atoms with E-state index < -0.39 is 0 Å². The third kappa shape index (κ3) is 5.83. The van der Waals surface area contributed by atoms with E-state index in [-0.39, 0.29) is 24.4 Å². The fourth-order valence-electron chi connectivity index (χ4n) is 2.80. The monoisotopic (exact) mass is 410 g/mol. The largest absolute Gasteiger partial charge is 0.493 e. The highest BCUT2D eigenvalue weighted by atomic mass is 16.6. The van der Waals surface area contributed by atoms with Crippen LogP contribution in [0.5, 0.6) is 17.2 Å². The Hall–Kier alpha value is -3.35. The minimum absolute atomic E-state index is 0.000815. The molecule has 158 valence electrons. The number of hydrogen-bond acceptors (Lipinski definition) is 6. The molecule has 0 heterocycles. The number of carbonyl (C=O) groups excluding carboxylic acids is 2. The van der Waals surface area contributed by atoms with Crippen molar-refractivity contribution in [2.45, 2.75) is 32.6 Å². The van der Waals surface area contributed by atoms with Crippen LogP contribution in [0, 0.1) is 5.92 Å². The Bertz CT molecular complexity index is 935. The minimum atomic E-state index is -0.369. The van der Waals surface area contributed by atoms with Gasteiger partial charge in [0, 0.05) is 0 Å². The van der Waals surface area contributed by atoms with Gasteiger partial charge < -0.3 is 14.2 Å². The van der Waals surface area contributed by atoms with Crippen LogP contribution in [0.2, 0.25) is 0 Å². The van der Waals surface area contributed by atoms with Gasteiger partial charge in [-0.2, -0.15) is 5.10 Å². The zero-order valence-electron chi connectivity index (χ0n) is 17.4. The van der Waals surface area contributed by atoms with Crippen LogP contribution in [0.25, 0.3) is 0 Å². The Labute approximate surface area is 176 Å². The molecule has 0 aromatic heterocycles. The van der Waals surface area contributed by atoms with Crippen molar-refractivity contribution in [2.75, 3.05) is 13.7 Å². The van der Waals surface area contributed by atoms with Crippen LogP contribution in [0.1, 0.15) is 43.7 Å². The van der Waals surface area contributed by atoms with Gasteiger partial charge in [0.05, 0.1) is 19.2 Å². The van der Waals surface area contributed by atoms with Crippen molar-refractivity contribution in [3.8, 4) is 17.2 Å². The van der Waals surface area contributed by atoms with Crippen molar-refractivity contribution in [1.82, 2.24) is 5.43 Å². The fourth-order valence-corrected chi connectivity index (χ4v) is 2.80. The van der Waals surface area contributed by atoms with Crippen LogP contribution in [0.3, 0.4) is 0 Å². The van der Waals surface area contributed by atoms with E-state index >= 15 is 0 Å². The van der Waals surface area contributed by atoms with E-state index in [1.165, 1.54) is 13.3 Å². The van der Waals surface area contributed by atoms with E-state index in [0.717, 1.165) is 18.4 Å². The summed E-state index contributed by atoms with van der Waals surface area (Å²) in [6, 6.07) is 12.7. The lowest BCUT2D eigenvalue weighted by Gasteiger charge is -2.13. The standard InChI is InChI=1S/C23H26N2O5/c1-15(2)18-6-4-5-7-19(18)29-14-22(26)25-24-13-16-8-11-20(21(12-16)28-3)30-23(27)17-9-10-17/h4-8,11-13,15,17H,9-10,14H2,1-3H3,(H,25,26)/b24-13-. The summed E-state index contributed by atoms with van der Waals surface area (Å²) in [5, 5.41) is 3.95. The first kappa shape index (κ1) is 21.4. The maximum Gasteiger partial charge on any atom is 0.314 e. The molecule has 0 spiro atoms. The van der Waals surface area contributed by atoms with E-state index in [1.807, 2.05) is 24.3 Å². The lowest BCUT2D eigenvalue weighted by Crippen LogP contribution is -2.24. The second-order valence-electron chi connectivity index (χ2n) is 7.38. The van der Waals surface area contributed by atoms with E-state index in [0.29, 0.717) is 28.7 Å². The van der Waals surface area contributed by atoms with Gasteiger partial charge in [0.1, 0.15) is 5.75 Å². The van der Waals surface area contributed by atoms with Crippen molar-refractivity contribution in [3.63, 3.8) is 0 Å². The number of nitrogens with zero attached hydrogens (tertiary/aromatic N) is 1. The Morgan fingerprint density at radius 3 is 2.60 bits per heavy atom. The third-order valence-corrected chi connectivity index (χ3v) is 4.61. The van der Waals surface area contributed by atoms with Gasteiger partial charge in [-0.1, -0.05) is 32.0 Å². The summed E-state index contributed by atoms with van der Waals surface area (Å²) in [4.78, 5) is 23.9. The average molecular weight is 410 g/mol. The third-order valence-electron chi connectivity index (χ3n) is 4.61. The number of rotatable bonds is 9. The van der Waals surface area contributed by atoms with Gasteiger partial charge in [0.2, 0.25) is 0 Å². The molecule has 30 heavy (non-hydrogen) atoms. The summed E-state index contributed by atoms with van der Waals surface area (Å²) in [6.45, 7) is 4.00. The molecule has 1 amide bonds. The van der Waals surface area contributed by atoms with E-state index in [2.05, 4.69) is 24.4 Å². The van der Waals surface area contributed by atoms with E-state index in [1.54, 1.807) is 18.2 Å². The molecule has 7 nitrogen and oxygen atoms in total. The number of methoxy groups -OCH3 is 1. The first-order valence-corrected chi connectivity index (χ1v) is 9.91. The molecular weight excluding hydrogens is 384 g/mol. The van der Waals surface area contributed by atoms with Gasteiger partial charge >= 0.3 is 5.97 Å². The van der Waals surface area contributed by atoms with Crippen molar-refractivity contribution < 1.29 is 23.8 Å². The van der Waals surface area contributed by atoms with Gasteiger partial charge in [0.15, 0.2) is 18.1 Å². The Kier molecular flexibility index (Phi) is 7.06. The summed E-state index contributed by atoms with van der Waals surface area (Å²) in [7, 11) is 1.50. The molecule has 0 atom stereocenters. The Morgan fingerprint density at radius 1 is 1.13 bits per heavy atom. The average Bonchev–Trinajstić information content (AvgIpc) is 3.59. The number of hydrogen-bond donors (Lipinski definition) is 1. The van der Waals surface area contributed by atoms with Crippen LogP contribution < -0.4 is 19.6 Å². The maximum absolute atomic E-state index is 12.0.